The second-order valence-corrected chi connectivity index (χ2v) is 9.86. The van der Waals surface area contributed by atoms with E-state index in [1.165, 1.54) is 4.90 Å². The summed E-state index contributed by atoms with van der Waals surface area (Å²) in [6, 6.07) is 14.3. The van der Waals surface area contributed by atoms with Crippen molar-refractivity contribution in [1.29, 1.82) is 0 Å². The van der Waals surface area contributed by atoms with Crippen LogP contribution in [0.3, 0.4) is 0 Å². The number of nitrogens with zero attached hydrogens (tertiary/aromatic N) is 2. The van der Waals surface area contributed by atoms with Crippen LogP contribution in [0, 0.1) is 13.8 Å². The lowest BCUT2D eigenvalue weighted by Gasteiger charge is -2.31. The van der Waals surface area contributed by atoms with Crippen LogP contribution in [-0.4, -0.2) is 57.1 Å². The van der Waals surface area contributed by atoms with Gasteiger partial charge in [0.15, 0.2) is 0 Å². The molecule has 0 aromatic heterocycles. The Hall–Kier alpha value is -2.87. The Morgan fingerprint density at radius 2 is 1.72 bits per heavy atom. The fourth-order valence-electron chi connectivity index (χ4n) is 3.57. The lowest BCUT2D eigenvalue weighted by Crippen LogP contribution is -2.52. The van der Waals surface area contributed by atoms with Crippen LogP contribution >= 0.6 is 0 Å². The predicted molar refractivity (Wildman–Crippen MR) is 128 cm³/mol. The van der Waals surface area contributed by atoms with Crippen molar-refractivity contribution in [3.05, 3.63) is 65.2 Å². The molecule has 8 heteroatoms. The molecule has 7 nitrogen and oxygen atoms in total. The maximum absolute atomic E-state index is 13.4. The molecule has 0 spiro atoms. The van der Waals surface area contributed by atoms with Crippen molar-refractivity contribution in [2.45, 2.75) is 40.2 Å². The molecule has 0 fully saturated rings. The molecule has 2 aromatic rings. The maximum atomic E-state index is 13.4. The molecule has 1 N–H and O–H groups in total. The van der Waals surface area contributed by atoms with Crippen LogP contribution in [0.4, 0.5) is 5.69 Å². The first-order valence-corrected chi connectivity index (χ1v) is 12.6. The van der Waals surface area contributed by atoms with E-state index in [1.807, 2.05) is 63.2 Å². The largest absolute Gasteiger partial charge is 0.355 e. The quantitative estimate of drug-likeness (QED) is 0.592. The fraction of sp³-hybridized carbons (Fsp3) is 0.417. The van der Waals surface area contributed by atoms with Gasteiger partial charge in [-0.2, -0.15) is 0 Å². The van der Waals surface area contributed by atoms with Crippen molar-refractivity contribution in [3.63, 3.8) is 0 Å². The summed E-state index contributed by atoms with van der Waals surface area (Å²) < 4.78 is 26.3. The van der Waals surface area contributed by atoms with Crippen LogP contribution < -0.4 is 9.62 Å². The highest BCUT2D eigenvalue weighted by molar-refractivity contribution is 7.92. The molecule has 2 amide bonds. The molecule has 0 saturated carbocycles. The minimum Gasteiger partial charge on any atom is -0.355 e. The van der Waals surface area contributed by atoms with Gasteiger partial charge in [0.25, 0.3) is 0 Å². The van der Waals surface area contributed by atoms with Crippen molar-refractivity contribution in [3.8, 4) is 0 Å². The normalized spacial score (nSPS) is 12.2. The summed E-state index contributed by atoms with van der Waals surface area (Å²) >= 11 is 0. The molecule has 0 aliphatic heterocycles. The van der Waals surface area contributed by atoms with Gasteiger partial charge in [0.1, 0.15) is 12.6 Å². The van der Waals surface area contributed by atoms with E-state index in [2.05, 4.69) is 5.32 Å². The van der Waals surface area contributed by atoms with E-state index in [4.69, 9.17) is 0 Å². The third kappa shape index (κ3) is 6.82. The Labute approximate surface area is 191 Å². The maximum Gasteiger partial charge on any atom is 0.244 e. The van der Waals surface area contributed by atoms with E-state index in [-0.39, 0.29) is 12.5 Å². The predicted octanol–water partition coefficient (Wildman–Crippen LogP) is 2.67. The topological polar surface area (TPSA) is 86.8 Å². The van der Waals surface area contributed by atoms with Crippen LogP contribution in [0.15, 0.2) is 48.5 Å². The number of sulfonamides is 1. The van der Waals surface area contributed by atoms with E-state index in [9.17, 15) is 18.0 Å². The molecule has 0 unspecified atom stereocenters. The first-order chi connectivity index (χ1) is 15.0. The summed E-state index contributed by atoms with van der Waals surface area (Å²) in [4.78, 5) is 27.3. The van der Waals surface area contributed by atoms with Crippen LogP contribution in [0.2, 0.25) is 0 Å². The summed E-state index contributed by atoms with van der Waals surface area (Å²) in [7, 11) is -3.72. The Kier molecular flexibility index (Phi) is 8.83. The Balaban J connectivity index is 2.33. The zero-order valence-electron chi connectivity index (χ0n) is 19.5. The van der Waals surface area contributed by atoms with Gasteiger partial charge in [-0.1, -0.05) is 48.0 Å². The number of hydrogen-bond donors (Lipinski definition) is 1. The molecule has 0 aliphatic rings. The third-order valence-electron chi connectivity index (χ3n) is 5.30. The molecular weight excluding hydrogens is 426 g/mol. The molecule has 0 saturated heterocycles. The molecule has 0 heterocycles. The number of amides is 2. The van der Waals surface area contributed by atoms with Gasteiger partial charge in [0.2, 0.25) is 21.8 Å². The third-order valence-corrected chi connectivity index (χ3v) is 6.43. The van der Waals surface area contributed by atoms with Crippen LogP contribution in [-0.2, 0) is 26.0 Å². The molecule has 2 rings (SSSR count). The SMILES string of the molecule is CCNC(=O)[C@@H](C)N(CCc1ccccc1)C(=O)CN(c1ccc(C)cc1C)S(C)(=O)=O. The van der Waals surface area contributed by atoms with Crippen molar-refractivity contribution in [2.24, 2.45) is 0 Å². The highest BCUT2D eigenvalue weighted by atomic mass is 32.2. The number of hydrogen-bond acceptors (Lipinski definition) is 4. The number of likely N-dealkylation sites (N-methyl/N-ethyl adjacent to an activating group) is 1. The zero-order valence-corrected chi connectivity index (χ0v) is 20.3. The van der Waals surface area contributed by atoms with Gasteiger partial charge in [-0.3, -0.25) is 13.9 Å². The van der Waals surface area contributed by atoms with Gasteiger partial charge in [0.05, 0.1) is 11.9 Å². The van der Waals surface area contributed by atoms with Crippen molar-refractivity contribution in [2.75, 3.05) is 30.2 Å². The first-order valence-electron chi connectivity index (χ1n) is 10.7. The van der Waals surface area contributed by atoms with Gasteiger partial charge >= 0.3 is 0 Å². The first kappa shape index (κ1) is 25.4. The minimum atomic E-state index is -3.72. The summed E-state index contributed by atoms with van der Waals surface area (Å²) in [6.07, 6.45) is 1.64. The van der Waals surface area contributed by atoms with Gasteiger partial charge in [-0.15, -0.1) is 0 Å². The van der Waals surface area contributed by atoms with E-state index in [0.717, 1.165) is 27.3 Å². The monoisotopic (exact) mass is 459 g/mol. The standard InChI is InChI=1S/C24H33N3O4S/c1-6-25-24(29)20(4)26(15-14-21-10-8-7-9-11-21)23(28)17-27(32(5,30)31)22-13-12-18(2)16-19(22)3/h7-13,16,20H,6,14-15,17H2,1-5H3,(H,25,29)/t20-/m1/s1. The van der Waals surface area contributed by atoms with Crippen molar-refractivity contribution < 1.29 is 18.0 Å². The second-order valence-electron chi connectivity index (χ2n) is 7.95. The number of benzene rings is 2. The molecule has 1 atom stereocenters. The molecule has 32 heavy (non-hydrogen) atoms. The summed E-state index contributed by atoms with van der Waals surface area (Å²) in [5.74, 6) is -0.698. The van der Waals surface area contributed by atoms with E-state index in [1.54, 1.807) is 13.0 Å². The highest BCUT2D eigenvalue weighted by Crippen LogP contribution is 2.24. The minimum absolute atomic E-state index is 0.272. The van der Waals surface area contributed by atoms with E-state index in [0.29, 0.717) is 25.2 Å². The number of aryl methyl sites for hydroxylation is 2. The van der Waals surface area contributed by atoms with Gasteiger partial charge < -0.3 is 10.2 Å². The molecular formula is C24H33N3O4S. The number of carbonyl (C=O) groups excluding carboxylic acids is 2. The van der Waals surface area contributed by atoms with Crippen molar-refractivity contribution >= 4 is 27.5 Å². The summed E-state index contributed by atoms with van der Waals surface area (Å²) in [6.45, 7) is 7.58. The Morgan fingerprint density at radius 1 is 1.06 bits per heavy atom. The summed E-state index contributed by atoms with van der Waals surface area (Å²) in [5, 5.41) is 2.74. The van der Waals surface area contributed by atoms with Crippen molar-refractivity contribution in [1.82, 2.24) is 10.2 Å². The number of anilines is 1. The molecule has 0 radical (unpaired) electrons. The van der Waals surface area contributed by atoms with Crippen LogP contribution in [0.25, 0.3) is 0 Å². The molecule has 0 bridgehead atoms. The lowest BCUT2D eigenvalue weighted by atomic mass is 10.1. The average Bonchev–Trinajstić information content (AvgIpc) is 2.72. The number of carbonyl (C=O) groups is 2. The molecule has 0 aliphatic carbocycles. The van der Waals surface area contributed by atoms with Gasteiger partial charge in [0, 0.05) is 13.1 Å². The zero-order chi connectivity index (χ0) is 23.9. The Bertz CT molecular complexity index is 1040. The fourth-order valence-corrected chi connectivity index (χ4v) is 4.48. The Morgan fingerprint density at radius 3 is 2.28 bits per heavy atom. The van der Waals surface area contributed by atoms with Crippen LogP contribution in [0.1, 0.15) is 30.5 Å². The van der Waals surface area contributed by atoms with E-state index < -0.39 is 22.0 Å². The van der Waals surface area contributed by atoms with Gasteiger partial charge in [-0.25, -0.2) is 8.42 Å². The van der Waals surface area contributed by atoms with Gasteiger partial charge in [-0.05, 0) is 51.3 Å². The van der Waals surface area contributed by atoms with E-state index >= 15 is 0 Å². The molecule has 174 valence electrons. The van der Waals surface area contributed by atoms with Crippen LogP contribution in [0.5, 0.6) is 0 Å². The number of rotatable bonds is 10. The molecule has 2 aromatic carbocycles. The number of nitrogens with one attached hydrogen (secondary N) is 1. The average molecular weight is 460 g/mol. The highest BCUT2D eigenvalue weighted by Gasteiger charge is 2.30. The second kappa shape index (κ2) is 11.1. The summed E-state index contributed by atoms with van der Waals surface area (Å²) in [5.41, 5.74) is 3.25. The lowest BCUT2D eigenvalue weighted by molar-refractivity contribution is -0.138. The smallest absolute Gasteiger partial charge is 0.244 e.